The third-order valence-corrected chi connectivity index (χ3v) is 4.45. The van der Waals surface area contributed by atoms with Gasteiger partial charge in [0.2, 0.25) is 5.91 Å². The molecule has 5 nitrogen and oxygen atoms in total. The summed E-state index contributed by atoms with van der Waals surface area (Å²) in [5.41, 5.74) is 2.23. The van der Waals surface area contributed by atoms with E-state index in [1.54, 1.807) is 22.8 Å². The van der Waals surface area contributed by atoms with Gasteiger partial charge in [0.1, 0.15) is 12.7 Å². The van der Waals surface area contributed by atoms with Crippen LogP contribution in [0.25, 0.3) is 0 Å². The Hall–Kier alpha value is -2.60. The third kappa shape index (κ3) is 4.96. The van der Waals surface area contributed by atoms with Crippen molar-refractivity contribution in [3.05, 3.63) is 78.4 Å². The van der Waals surface area contributed by atoms with Gasteiger partial charge in [-0.15, -0.1) is 11.8 Å². The molecular weight excluding hydrogens is 320 g/mol. The lowest BCUT2D eigenvalue weighted by atomic mass is 10.1. The van der Waals surface area contributed by atoms with Crippen LogP contribution in [0.3, 0.4) is 0 Å². The fourth-order valence-corrected chi connectivity index (χ4v) is 2.93. The molecule has 0 saturated carbocycles. The molecule has 2 aromatic carbocycles. The van der Waals surface area contributed by atoms with Crippen LogP contribution in [0.5, 0.6) is 0 Å². The van der Waals surface area contributed by atoms with Crippen molar-refractivity contribution in [1.82, 2.24) is 20.1 Å². The first kappa shape index (κ1) is 16.3. The van der Waals surface area contributed by atoms with Crippen LogP contribution in [0.15, 0.2) is 72.1 Å². The van der Waals surface area contributed by atoms with Gasteiger partial charge >= 0.3 is 0 Å². The summed E-state index contributed by atoms with van der Waals surface area (Å²) < 4.78 is 1.78. The monoisotopic (exact) mass is 338 g/mol. The number of thioether (sulfide) groups is 1. The number of benzene rings is 2. The van der Waals surface area contributed by atoms with Crippen LogP contribution in [-0.4, -0.2) is 26.4 Å². The van der Waals surface area contributed by atoms with Crippen LogP contribution < -0.4 is 5.32 Å². The van der Waals surface area contributed by atoms with Gasteiger partial charge in [-0.05, 0) is 23.3 Å². The lowest BCUT2D eigenvalue weighted by Gasteiger charge is -2.07. The molecule has 0 saturated heterocycles. The van der Waals surface area contributed by atoms with E-state index in [2.05, 4.69) is 15.4 Å². The van der Waals surface area contributed by atoms with E-state index in [-0.39, 0.29) is 5.91 Å². The van der Waals surface area contributed by atoms with Crippen molar-refractivity contribution in [3.8, 4) is 0 Å². The predicted molar refractivity (Wildman–Crippen MR) is 94.6 cm³/mol. The van der Waals surface area contributed by atoms with Gasteiger partial charge in [-0.3, -0.25) is 4.79 Å². The Labute approximate surface area is 145 Å². The summed E-state index contributed by atoms with van der Waals surface area (Å²) in [5.74, 6) is 0.463. The molecule has 122 valence electrons. The molecule has 0 unspecified atom stereocenters. The van der Waals surface area contributed by atoms with Gasteiger partial charge in [0.15, 0.2) is 0 Å². The summed E-state index contributed by atoms with van der Waals surface area (Å²) in [6, 6.07) is 18.1. The molecule has 3 aromatic rings. The fourth-order valence-electron chi connectivity index (χ4n) is 2.18. The molecule has 6 heteroatoms. The maximum atomic E-state index is 11.9. The number of amides is 1. The summed E-state index contributed by atoms with van der Waals surface area (Å²) in [6.45, 7) is 1.23. The predicted octanol–water partition coefficient (Wildman–Crippen LogP) is 2.73. The quantitative estimate of drug-likeness (QED) is 0.673. The molecule has 0 bridgehead atoms. The van der Waals surface area contributed by atoms with Gasteiger partial charge in [0.05, 0.1) is 12.3 Å². The maximum Gasteiger partial charge on any atom is 0.230 e. The third-order valence-electron chi connectivity index (χ3n) is 3.44. The SMILES string of the molecule is O=C(CSc1ccccc1)NCc1ccc(Cn2cncn2)cc1. The molecule has 0 radical (unpaired) electrons. The number of carbonyl (C=O) groups excluding carboxylic acids is 1. The Kier molecular flexibility index (Phi) is 5.63. The van der Waals surface area contributed by atoms with E-state index in [9.17, 15) is 4.79 Å². The Morgan fingerprint density at radius 3 is 2.50 bits per heavy atom. The molecule has 0 spiro atoms. The second-order valence-electron chi connectivity index (χ2n) is 5.29. The largest absolute Gasteiger partial charge is 0.351 e. The second-order valence-corrected chi connectivity index (χ2v) is 6.34. The van der Waals surface area contributed by atoms with Crippen LogP contribution in [0, 0.1) is 0 Å². The maximum absolute atomic E-state index is 11.9. The number of carbonyl (C=O) groups is 1. The first-order chi connectivity index (χ1) is 11.8. The minimum Gasteiger partial charge on any atom is -0.351 e. The topological polar surface area (TPSA) is 59.8 Å². The molecule has 3 rings (SSSR count). The lowest BCUT2D eigenvalue weighted by Crippen LogP contribution is -2.24. The van der Waals surface area contributed by atoms with Gasteiger partial charge in [-0.1, -0.05) is 42.5 Å². The lowest BCUT2D eigenvalue weighted by molar-refractivity contribution is -0.118. The molecule has 24 heavy (non-hydrogen) atoms. The first-order valence-electron chi connectivity index (χ1n) is 7.64. The van der Waals surface area contributed by atoms with E-state index in [1.807, 2.05) is 54.6 Å². The summed E-state index contributed by atoms with van der Waals surface area (Å²) in [4.78, 5) is 16.9. The van der Waals surface area contributed by atoms with E-state index in [0.717, 1.165) is 16.0 Å². The van der Waals surface area contributed by atoms with Crippen molar-refractivity contribution in [2.45, 2.75) is 18.0 Å². The summed E-state index contributed by atoms with van der Waals surface area (Å²) in [7, 11) is 0. The molecule has 1 aromatic heterocycles. The highest BCUT2D eigenvalue weighted by Gasteiger charge is 2.03. The summed E-state index contributed by atoms with van der Waals surface area (Å²) >= 11 is 1.54. The van der Waals surface area contributed by atoms with E-state index in [4.69, 9.17) is 0 Å². The summed E-state index contributed by atoms with van der Waals surface area (Å²) in [6.07, 6.45) is 3.22. The highest BCUT2D eigenvalue weighted by atomic mass is 32.2. The number of hydrogen-bond donors (Lipinski definition) is 1. The number of hydrogen-bond acceptors (Lipinski definition) is 4. The molecule has 1 heterocycles. The standard InChI is InChI=1S/C18H18N4OS/c23-18(12-24-17-4-2-1-3-5-17)20-10-15-6-8-16(9-7-15)11-22-14-19-13-21-22/h1-9,13-14H,10-12H2,(H,20,23). The van der Waals surface area contributed by atoms with Crippen molar-refractivity contribution in [2.24, 2.45) is 0 Å². The van der Waals surface area contributed by atoms with E-state index in [1.165, 1.54) is 6.33 Å². The minimum atomic E-state index is 0.0375. The van der Waals surface area contributed by atoms with Crippen LogP contribution in [0.4, 0.5) is 0 Å². The second kappa shape index (κ2) is 8.31. The highest BCUT2D eigenvalue weighted by molar-refractivity contribution is 8.00. The molecule has 0 aliphatic rings. The number of aromatic nitrogens is 3. The first-order valence-corrected chi connectivity index (χ1v) is 8.63. The smallest absolute Gasteiger partial charge is 0.230 e. The zero-order valence-electron chi connectivity index (χ0n) is 13.1. The van der Waals surface area contributed by atoms with Gasteiger partial charge < -0.3 is 5.32 Å². The van der Waals surface area contributed by atoms with Crippen molar-refractivity contribution in [2.75, 3.05) is 5.75 Å². The minimum absolute atomic E-state index is 0.0375. The average molecular weight is 338 g/mol. The van der Waals surface area contributed by atoms with Crippen molar-refractivity contribution >= 4 is 17.7 Å². The molecule has 1 N–H and O–H groups in total. The van der Waals surface area contributed by atoms with E-state index in [0.29, 0.717) is 18.8 Å². The van der Waals surface area contributed by atoms with Crippen molar-refractivity contribution < 1.29 is 4.79 Å². The van der Waals surface area contributed by atoms with Gasteiger partial charge in [0, 0.05) is 11.4 Å². The normalized spacial score (nSPS) is 10.5. The molecule has 1 amide bonds. The number of nitrogens with zero attached hydrogens (tertiary/aromatic N) is 3. The zero-order valence-corrected chi connectivity index (χ0v) is 13.9. The fraction of sp³-hybridized carbons (Fsp3) is 0.167. The van der Waals surface area contributed by atoms with E-state index < -0.39 is 0 Å². The summed E-state index contributed by atoms with van der Waals surface area (Å²) in [5, 5.41) is 7.03. The Bertz CT molecular complexity index is 757. The highest BCUT2D eigenvalue weighted by Crippen LogP contribution is 2.16. The Balaban J connectivity index is 1.43. The van der Waals surface area contributed by atoms with Crippen molar-refractivity contribution in [3.63, 3.8) is 0 Å². The van der Waals surface area contributed by atoms with Gasteiger partial charge in [0.25, 0.3) is 0 Å². The van der Waals surface area contributed by atoms with Gasteiger partial charge in [-0.2, -0.15) is 5.10 Å². The molecule has 0 atom stereocenters. The average Bonchev–Trinajstić information content (AvgIpc) is 3.13. The van der Waals surface area contributed by atoms with E-state index >= 15 is 0 Å². The zero-order chi connectivity index (χ0) is 16.6. The number of nitrogens with one attached hydrogen (secondary N) is 1. The molecule has 0 aliphatic carbocycles. The van der Waals surface area contributed by atoms with Crippen LogP contribution in [-0.2, 0) is 17.9 Å². The Morgan fingerprint density at radius 2 is 1.79 bits per heavy atom. The van der Waals surface area contributed by atoms with Crippen LogP contribution in [0.2, 0.25) is 0 Å². The van der Waals surface area contributed by atoms with Crippen LogP contribution in [0.1, 0.15) is 11.1 Å². The molecule has 0 fully saturated rings. The Morgan fingerprint density at radius 1 is 1.04 bits per heavy atom. The van der Waals surface area contributed by atoms with Gasteiger partial charge in [-0.25, -0.2) is 9.67 Å². The van der Waals surface area contributed by atoms with Crippen molar-refractivity contribution in [1.29, 1.82) is 0 Å². The number of rotatable bonds is 7. The molecule has 0 aliphatic heterocycles. The molecular formula is C18H18N4OS. The van der Waals surface area contributed by atoms with Crippen LogP contribution >= 0.6 is 11.8 Å².